The number of hydrogen-bond acceptors (Lipinski definition) is 5. The Hall–Kier alpha value is -3.70. The first kappa shape index (κ1) is 21.5. The van der Waals surface area contributed by atoms with E-state index in [1.54, 1.807) is 18.2 Å². The van der Waals surface area contributed by atoms with Crippen LogP contribution >= 0.6 is 11.6 Å². The lowest BCUT2D eigenvalue weighted by molar-refractivity contribution is -0.123. The van der Waals surface area contributed by atoms with Crippen molar-refractivity contribution in [2.45, 2.75) is 37.8 Å². The number of rotatable bonds is 7. The van der Waals surface area contributed by atoms with Crippen LogP contribution in [0.4, 0.5) is 0 Å². The van der Waals surface area contributed by atoms with E-state index in [-0.39, 0.29) is 12.1 Å². The number of amides is 2. The van der Waals surface area contributed by atoms with Crippen LogP contribution in [0.3, 0.4) is 0 Å². The minimum Gasteiger partial charge on any atom is -0.338 e. The third-order valence-electron chi connectivity index (χ3n) is 5.27. The van der Waals surface area contributed by atoms with Crippen LogP contribution in [-0.4, -0.2) is 38.4 Å². The number of nitriles is 1. The first-order valence-electron chi connectivity index (χ1n) is 10.2. The Labute approximate surface area is 190 Å². The lowest BCUT2D eigenvalue weighted by atomic mass is 10.0. The standard InChI is InChI=1S/C23H21ClN6O2/c1-15-5-7-18(8-6-15)30-26-13-20(29-30)21(31)27-19(12-16-3-2-4-17(24)11-16)22(32)28-23(14-25)9-10-23/h2-8,11,13,19H,9-10,12H2,1H3,(H,27,31)(H,28,32)/t19-/m0/s1. The normalized spacial score (nSPS) is 14.8. The summed E-state index contributed by atoms with van der Waals surface area (Å²) in [6.07, 6.45) is 2.75. The molecular weight excluding hydrogens is 428 g/mol. The smallest absolute Gasteiger partial charge is 0.274 e. The highest BCUT2D eigenvalue weighted by molar-refractivity contribution is 6.30. The molecule has 0 spiro atoms. The minimum absolute atomic E-state index is 0.0795. The number of halogens is 1. The summed E-state index contributed by atoms with van der Waals surface area (Å²) in [5.74, 6) is -0.962. The van der Waals surface area contributed by atoms with Crippen LogP contribution in [0.2, 0.25) is 5.02 Å². The number of nitrogens with zero attached hydrogens (tertiary/aromatic N) is 4. The van der Waals surface area contributed by atoms with Gasteiger partial charge in [0.2, 0.25) is 5.91 Å². The van der Waals surface area contributed by atoms with Gasteiger partial charge in [0.15, 0.2) is 5.69 Å². The fraction of sp³-hybridized carbons (Fsp3) is 0.261. The summed E-state index contributed by atoms with van der Waals surface area (Å²) in [7, 11) is 0. The molecule has 2 amide bonds. The van der Waals surface area contributed by atoms with Gasteiger partial charge in [-0.05, 0) is 49.6 Å². The molecule has 8 nitrogen and oxygen atoms in total. The molecule has 1 atom stereocenters. The Bertz CT molecular complexity index is 1190. The molecule has 1 aliphatic carbocycles. The van der Waals surface area contributed by atoms with Crippen molar-refractivity contribution in [1.29, 1.82) is 5.26 Å². The van der Waals surface area contributed by atoms with E-state index < -0.39 is 23.4 Å². The molecule has 0 radical (unpaired) electrons. The third-order valence-corrected chi connectivity index (χ3v) is 5.50. The van der Waals surface area contributed by atoms with E-state index in [1.807, 2.05) is 37.3 Å². The number of hydrogen-bond donors (Lipinski definition) is 2. The fourth-order valence-corrected chi connectivity index (χ4v) is 3.44. The zero-order valence-electron chi connectivity index (χ0n) is 17.4. The van der Waals surface area contributed by atoms with Crippen LogP contribution in [0.1, 0.15) is 34.5 Å². The van der Waals surface area contributed by atoms with Gasteiger partial charge in [-0.15, -0.1) is 5.10 Å². The number of aromatic nitrogens is 3. The Morgan fingerprint density at radius 2 is 2.00 bits per heavy atom. The Morgan fingerprint density at radius 1 is 1.25 bits per heavy atom. The minimum atomic E-state index is -0.906. The van der Waals surface area contributed by atoms with Gasteiger partial charge in [0.25, 0.3) is 5.91 Å². The van der Waals surface area contributed by atoms with Crippen molar-refractivity contribution in [3.8, 4) is 11.8 Å². The quantitative estimate of drug-likeness (QED) is 0.577. The number of nitrogens with one attached hydrogen (secondary N) is 2. The SMILES string of the molecule is Cc1ccc(-n2ncc(C(=O)N[C@@H](Cc3cccc(Cl)c3)C(=O)NC3(C#N)CC3)n2)cc1. The van der Waals surface area contributed by atoms with E-state index in [0.717, 1.165) is 11.1 Å². The van der Waals surface area contributed by atoms with Gasteiger partial charge in [-0.25, -0.2) is 0 Å². The Balaban J connectivity index is 1.52. The van der Waals surface area contributed by atoms with Crippen molar-refractivity contribution in [2.75, 3.05) is 0 Å². The van der Waals surface area contributed by atoms with Gasteiger partial charge in [0.1, 0.15) is 11.6 Å². The van der Waals surface area contributed by atoms with Gasteiger partial charge in [-0.3, -0.25) is 9.59 Å². The molecule has 4 rings (SSSR count). The predicted octanol–water partition coefficient (Wildman–Crippen LogP) is 2.74. The maximum absolute atomic E-state index is 12.9. The summed E-state index contributed by atoms with van der Waals surface area (Å²) in [4.78, 5) is 27.1. The molecule has 1 saturated carbocycles. The molecule has 0 saturated heterocycles. The molecule has 162 valence electrons. The molecular formula is C23H21ClN6O2. The molecule has 1 fully saturated rings. The zero-order chi connectivity index (χ0) is 22.7. The topological polar surface area (TPSA) is 113 Å². The molecule has 0 aliphatic heterocycles. The average Bonchev–Trinajstić information content (AvgIpc) is 3.37. The zero-order valence-corrected chi connectivity index (χ0v) is 18.1. The molecule has 0 unspecified atom stereocenters. The molecule has 9 heteroatoms. The second-order valence-electron chi connectivity index (χ2n) is 7.90. The second-order valence-corrected chi connectivity index (χ2v) is 8.33. The van der Waals surface area contributed by atoms with Crippen LogP contribution in [0.5, 0.6) is 0 Å². The van der Waals surface area contributed by atoms with E-state index in [1.165, 1.54) is 11.0 Å². The number of carbonyl (C=O) groups excluding carboxylic acids is 2. The maximum Gasteiger partial charge on any atom is 0.274 e. The summed E-state index contributed by atoms with van der Waals surface area (Å²) in [5.41, 5.74) is 1.83. The monoisotopic (exact) mass is 448 g/mol. The van der Waals surface area contributed by atoms with Crippen LogP contribution in [0.15, 0.2) is 54.7 Å². The average molecular weight is 449 g/mol. The number of aryl methyl sites for hydroxylation is 1. The summed E-state index contributed by atoms with van der Waals surface area (Å²) in [6.45, 7) is 1.97. The lowest BCUT2D eigenvalue weighted by Gasteiger charge is -2.20. The van der Waals surface area contributed by atoms with Gasteiger partial charge >= 0.3 is 0 Å². The molecule has 0 bridgehead atoms. The molecule has 2 N–H and O–H groups in total. The van der Waals surface area contributed by atoms with Gasteiger partial charge in [0.05, 0.1) is 18.0 Å². The molecule has 1 aliphatic rings. The first-order chi connectivity index (χ1) is 15.4. The molecule has 1 aromatic heterocycles. The number of benzene rings is 2. The van der Waals surface area contributed by atoms with Crippen molar-refractivity contribution in [3.05, 3.63) is 76.6 Å². The predicted molar refractivity (Wildman–Crippen MR) is 118 cm³/mol. The summed E-state index contributed by atoms with van der Waals surface area (Å²) < 4.78 is 0. The van der Waals surface area contributed by atoms with E-state index in [9.17, 15) is 14.9 Å². The van der Waals surface area contributed by atoms with Crippen molar-refractivity contribution < 1.29 is 9.59 Å². The van der Waals surface area contributed by atoms with E-state index in [0.29, 0.717) is 23.6 Å². The van der Waals surface area contributed by atoms with Crippen LogP contribution < -0.4 is 10.6 Å². The highest BCUT2D eigenvalue weighted by atomic mass is 35.5. The molecule has 3 aromatic rings. The highest BCUT2D eigenvalue weighted by Crippen LogP contribution is 2.34. The summed E-state index contributed by atoms with van der Waals surface area (Å²) >= 11 is 6.07. The lowest BCUT2D eigenvalue weighted by Crippen LogP contribution is -2.51. The van der Waals surface area contributed by atoms with E-state index in [4.69, 9.17) is 11.6 Å². The van der Waals surface area contributed by atoms with Crippen LogP contribution in [0, 0.1) is 18.3 Å². The molecule has 2 aromatic carbocycles. The first-order valence-corrected chi connectivity index (χ1v) is 10.5. The second kappa shape index (κ2) is 8.81. The largest absolute Gasteiger partial charge is 0.338 e. The maximum atomic E-state index is 12.9. The van der Waals surface area contributed by atoms with Crippen LogP contribution in [-0.2, 0) is 11.2 Å². The van der Waals surface area contributed by atoms with Gasteiger partial charge in [-0.2, -0.15) is 15.2 Å². The van der Waals surface area contributed by atoms with Crippen LogP contribution in [0.25, 0.3) is 5.69 Å². The summed E-state index contributed by atoms with van der Waals surface area (Å²) in [5, 5.41) is 23.7. The van der Waals surface area contributed by atoms with Gasteiger partial charge in [-0.1, -0.05) is 41.4 Å². The van der Waals surface area contributed by atoms with Crippen molar-refractivity contribution >= 4 is 23.4 Å². The Morgan fingerprint density at radius 3 is 2.66 bits per heavy atom. The number of carbonyl (C=O) groups is 2. The van der Waals surface area contributed by atoms with Gasteiger partial charge in [0, 0.05) is 11.4 Å². The van der Waals surface area contributed by atoms with Crippen molar-refractivity contribution in [3.63, 3.8) is 0 Å². The molecule has 32 heavy (non-hydrogen) atoms. The summed E-state index contributed by atoms with van der Waals surface area (Å²) in [6, 6.07) is 15.8. The highest BCUT2D eigenvalue weighted by Gasteiger charge is 2.45. The molecule has 1 heterocycles. The fourth-order valence-electron chi connectivity index (χ4n) is 3.22. The van der Waals surface area contributed by atoms with E-state index >= 15 is 0 Å². The van der Waals surface area contributed by atoms with Crippen molar-refractivity contribution in [2.24, 2.45) is 0 Å². The third kappa shape index (κ3) is 4.95. The Kier molecular flexibility index (Phi) is 5.93. The van der Waals surface area contributed by atoms with E-state index in [2.05, 4.69) is 26.9 Å². The van der Waals surface area contributed by atoms with Crippen molar-refractivity contribution in [1.82, 2.24) is 25.6 Å². The van der Waals surface area contributed by atoms with Gasteiger partial charge < -0.3 is 10.6 Å².